The van der Waals surface area contributed by atoms with Crippen molar-refractivity contribution < 1.29 is 0 Å². The molecule has 0 bridgehead atoms. The van der Waals surface area contributed by atoms with Gasteiger partial charge in [-0.15, -0.1) is 0 Å². The van der Waals surface area contributed by atoms with E-state index in [9.17, 15) is 0 Å². The second-order valence-corrected chi connectivity index (χ2v) is 4.29. The molecular weight excluding hydrogens is 188 g/mol. The summed E-state index contributed by atoms with van der Waals surface area (Å²) in [6.07, 6.45) is 5.57. The normalized spacial score (nSPS) is 26.7. The highest BCUT2D eigenvalue weighted by Gasteiger charge is 2.25. The molecule has 1 aliphatic rings. The quantitative estimate of drug-likeness (QED) is 0.747. The second kappa shape index (κ2) is 4.14. The lowest BCUT2D eigenvalue weighted by Gasteiger charge is -2.37. The first-order chi connectivity index (χ1) is 7.18. The van der Waals surface area contributed by atoms with Crippen LogP contribution in [0.15, 0.2) is 12.4 Å². The average Bonchev–Trinajstić information content (AvgIpc) is 2.20. The topological polar surface area (TPSA) is 55.0 Å². The molecular formula is C11H18N4. The molecule has 1 aliphatic heterocycles. The van der Waals surface area contributed by atoms with Crippen molar-refractivity contribution in [2.24, 2.45) is 5.73 Å². The van der Waals surface area contributed by atoms with Crippen LogP contribution >= 0.6 is 0 Å². The molecule has 0 aromatic carbocycles. The first-order valence-corrected chi connectivity index (χ1v) is 5.48. The molecule has 82 valence electrons. The van der Waals surface area contributed by atoms with Gasteiger partial charge in [-0.05, 0) is 26.7 Å². The average molecular weight is 206 g/mol. The third-order valence-corrected chi connectivity index (χ3v) is 3.04. The third-order valence-electron chi connectivity index (χ3n) is 3.04. The van der Waals surface area contributed by atoms with Gasteiger partial charge in [0.05, 0.1) is 5.69 Å². The number of rotatable bonds is 1. The van der Waals surface area contributed by atoms with E-state index in [1.54, 1.807) is 12.4 Å². The number of nitrogens with two attached hydrogens (primary N) is 1. The molecule has 1 aromatic rings. The Morgan fingerprint density at radius 1 is 1.40 bits per heavy atom. The maximum Gasteiger partial charge on any atom is 0.150 e. The predicted octanol–water partition coefficient (Wildman–Crippen LogP) is 1.10. The Balaban J connectivity index is 2.20. The Kier molecular flexibility index (Phi) is 2.86. The Bertz CT molecular complexity index is 339. The smallest absolute Gasteiger partial charge is 0.150 e. The molecule has 2 unspecified atom stereocenters. The van der Waals surface area contributed by atoms with Crippen molar-refractivity contribution in [2.45, 2.75) is 38.8 Å². The van der Waals surface area contributed by atoms with E-state index in [2.05, 4.69) is 21.8 Å². The van der Waals surface area contributed by atoms with Crippen LogP contribution in [0.2, 0.25) is 0 Å². The minimum Gasteiger partial charge on any atom is -0.352 e. The van der Waals surface area contributed by atoms with Crippen molar-refractivity contribution in [3.8, 4) is 0 Å². The van der Waals surface area contributed by atoms with E-state index in [4.69, 9.17) is 5.73 Å². The molecule has 1 aromatic heterocycles. The first-order valence-electron chi connectivity index (χ1n) is 5.48. The highest BCUT2D eigenvalue weighted by Crippen LogP contribution is 2.23. The summed E-state index contributed by atoms with van der Waals surface area (Å²) in [7, 11) is 0. The van der Waals surface area contributed by atoms with Gasteiger partial charge < -0.3 is 10.6 Å². The summed E-state index contributed by atoms with van der Waals surface area (Å²) in [5.74, 6) is 1.01. The molecule has 2 N–H and O–H groups in total. The molecule has 4 heteroatoms. The summed E-state index contributed by atoms with van der Waals surface area (Å²) in [5, 5.41) is 0. The monoisotopic (exact) mass is 206 g/mol. The summed E-state index contributed by atoms with van der Waals surface area (Å²) >= 11 is 0. The fourth-order valence-electron chi connectivity index (χ4n) is 2.21. The summed E-state index contributed by atoms with van der Waals surface area (Å²) < 4.78 is 0. The Morgan fingerprint density at radius 2 is 2.13 bits per heavy atom. The number of hydrogen-bond donors (Lipinski definition) is 1. The van der Waals surface area contributed by atoms with Gasteiger partial charge in [0.25, 0.3) is 0 Å². The van der Waals surface area contributed by atoms with E-state index >= 15 is 0 Å². The van der Waals surface area contributed by atoms with Crippen LogP contribution in [0, 0.1) is 6.92 Å². The van der Waals surface area contributed by atoms with Crippen LogP contribution in [-0.2, 0) is 0 Å². The fraction of sp³-hybridized carbons (Fsp3) is 0.636. The van der Waals surface area contributed by atoms with Crippen LogP contribution in [0.4, 0.5) is 5.82 Å². The fourth-order valence-corrected chi connectivity index (χ4v) is 2.21. The zero-order chi connectivity index (χ0) is 10.8. The summed E-state index contributed by atoms with van der Waals surface area (Å²) in [4.78, 5) is 11.0. The Hall–Kier alpha value is -1.16. The zero-order valence-corrected chi connectivity index (χ0v) is 9.35. The molecule has 2 heterocycles. The maximum absolute atomic E-state index is 5.94. The summed E-state index contributed by atoms with van der Waals surface area (Å²) in [6.45, 7) is 5.19. The number of aromatic nitrogens is 2. The van der Waals surface area contributed by atoms with Crippen molar-refractivity contribution in [2.75, 3.05) is 11.4 Å². The summed E-state index contributed by atoms with van der Waals surface area (Å²) in [5.41, 5.74) is 6.94. The predicted molar refractivity (Wildman–Crippen MR) is 60.8 cm³/mol. The van der Waals surface area contributed by atoms with Crippen LogP contribution in [0.1, 0.15) is 25.5 Å². The van der Waals surface area contributed by atoms with Gasteiger partial charge in [0.15, 0.2) is 0 Å². The Labute approximate surface area is 90.5 Å². The van der Waals surface area contributed by atoms with Crippen molar-refractivity contribution >= 4 is 5.82 Å². The molecule has 4 nitrogen and oxygen atoms in total. The van der Waals surface area contributed by atoms with Gasteiger partial charge >= 0.3 is 0 Å². The van der Waals surface area contributed by atoms with Gasteiger partial charge in [-0.25, -0.2) is 4.98 Å². The highest BCUT2D eigenvalue weighted by molar-refractivity contribution is 5.43. The van der Waals surface area contributed by atoms with E-state index in [1.807, 2.05) is 6.92 Å². The number of piperidine rings is 1. The number of aryl methyl sites for hydroxylation is 1. The number of nitrogens with zero attached hydrogens (tertiary/aromatic N) is 3. The molecule has 0 saturated carbocycles. The van der Waals surface area contributed by atoms with Crippen LogP contribution in [0.5, 0.6) is 0 Å². The molecule has 1 fully saturated rings. The van der Waals surface area contributed by atoms with Crippen LogP contribution in [-0.4, -0.2) is 28.6 Å². The van der Waals surface area contributed by atoms with E-state index in [0.29, 0.717) is 12.1 Å². The van der Waals surface area contributed by atoms with Gasteiger partial charge in [-0.1, -0.05) is 0 Å². The first kappa shape index (κ1) is 10.4. The second-order valence-electron chi connectivity index (χ2n) is 4.29. The molecule has 2 rings (SSSR count). The van der Waals surface area contributed by atoms with E-state index in [-0.39, 0.29) is 0 Å². The van der Waals surface area contributed by atoms with Crippen molar-refractivity contribution in [3.05, 3.63) is 18.1 Å². The Morgan fingerprint density at radius 3 is 2.80 bits per heavy atom. The highest BCUT2D eigenvalue weighted by atomic mass is 15.2. The lowest BCUT2D eigenvalue weighted by Crippen LogP contribution is -2.46. The standard InChI is InChI=1S/C11H18N4/c1-8-7-10(12)3-6-15(8)11-9(2)13-4-5-14-11/h4-5,8,10H,3,6-7,12H2,1-2H3. The molecule has 0 aliphatic carbocycles. The minimum atomic E-state index is 0.341. The van der Waals surface area contributed by atoms with Crippen LogP contribution in [0.25, 0.3) is 0 Å². The molecule has 0 spiro atoms. The SMILES string of the molecule is Cc1nccnc1N1CCC(N)CC1C. The lowest BCUT2D eigenvalue weighted by atomic mass is 9.99. The van der Waals surface area contributed by atoms with Crippen LogP contribution < -0.4 is 10.6 Å². The van der Waals surface area contributed by atoms with E-state index in [1.165, 1.54) is 0 Å². The van der Waals surface area contributed by atoms with Gasteiger partial charge in [0, 0.05) is 31.0 Å². The number of anilines is 1. The molecule has 1 saturated heterocycles. The van der Waals surface area contributed by atoms with Gasteiger partial charge in [-0.2, -0.15) is 0 Å². The van der Waals surface area contributed by atoms with Crippen LogP contribution in [0.3, 0.4) is 0 Å². The largest absolute Gasteiger partial charge is 0.352 e. The van der Waals surface area contributed by atoms with E-state index < -0.39 is 0 Å². The molecule has 15 heavy (non-hydrogen) atoms. The maximum atomic E-state index is 5.94. The molecule has 0 radical (unpaired) electrons. The minimum absolute atomic E-state index is 0.341. The van der Waals surface area contributed by atoms with Crippen molar-refractivity contribution in [1.82, 2.24) is 9.97 Å². The third kappa shape index (κ3) is 2.09. The van der Waals surface area contributed by atoms with Gasteiger partial charge in [-0.3, -0.25) is 4.98 Å². The lowest BCUT2D eigenvalue weighted by molar-refractivity contribution is 0.426. The van der Waals surface area contributed by atoms with Gasteiger partial charge in [0.2, 0.25) is 0 Å². The molecule has 2 atom stereocenters. The van der Waals surface area contributed by atoms with E-state index in [0.717, 1.165) is 30.9 Å². The van der Waals surface area contributed by atoms with Gasteiger partial charge in [0.1, 0.15) is 5.82 Å². The molecule has 0 amide bonds. The van der Waals surface area contributed by atoms with Crippen molar-refractivity contribution in [1.29, 1.82) is 0 Å². The zero-order valence-electron chi connectivity index (χ0n) is 9.35. The van der Waals surface area contributed by atoms with Crippen molar-refractivity contribution in [3.63, 3.8) is 0 Å². The number of hydrogen-bond acceptors (Lipinski definition) is 4. The summed E-state index contributed by atoms with van der Waals surface area (Å²) in [6, 6.07) is 0.803.